The third kappa shape index (κ3) is 2.55. The van der Waals surface area contributed by atoms with E-state index in [-0.39, 0.29) is 11.9 Å². The molecule has 0 radical (unpaired) electrons. The van der Waals surface area contributed by atoms with Gasteiger partial charge >= 0.3 is 0 Å². The standard InChI is InChI=1S/C14H21N3O4S/c1-15-14(18)12-6-3-9-17(12)22(19,20)16-8-2-5-11(16)13-7-4-10-21-13/h4,7,10-12H,2-3,5-6,8-9H2,1H3,(H,15,18)/t11-,12+/m0/s1. The maximum absolute atomic E-state index is 13.0. The Morgan fingerprint density at radius 1 is 1.27 bits per heavy atom. The number of amides is 1. The number of nitrogens with one attached hydrogen (secondary N) is 1. The second-order valence-corrected chi connectivity index (χ2v) is 7.51. The highest BCUT2D eigenvalue weighted by atomic mass is 32.2. The van der Waals surface area contributed by atoms with E-state index in [0.29, 0.717) is 31.7 Å². The zero-order valence-electron chi connectivity index (χ0n) is 12.6. The minimum atomic E-state index is -3.67. The third-order valence-corrected chi connectivity index (χ3v) is 6.48. The van der Waals surface area contributed by atoms with E-state index in [2.05, 4.69) is 5.32 Å². The lowest BCUT2D eigenvalue weighted by molar-refractivity contribution is -0.123. The predicted octanol–water partition coefficient (Wildman–Crippen LogP) is 0.872. The molecule has 1 aromatic rings. The van der Waals surface area contributed by atoms with Gasteiger partial charge in [0.05, 0.1) is 12.3 Å². The molecule has 2 fully saturated rings. The molecule has 3 rings (SSSR count). The fourth-order valence-corrected chi connectivity index (χ4v) is 5.40. The molecule has 3 heterocycles. The van der Waals surface area contributed by atoms with E-state index in [1.807, 2.05) is 0 Å². The normalized spacial score (nSPS) is 27.3. The minimum Gasteiger partial charge on any atom is -0.468 e. The van der Waals surface area contributed by atoms with Crippen molar-refractivity contribution < 1.29 is 17.6 Å². The van der Waals surface area contributed by atoms with Crippen LogP contribution in [0.4, 0.5) is 0 Å². The molecule has 0 unspecified atom stereocenters. The number of hydrogen-bond acceptors (Lipinski definition) is 4. The van der Waals surface area contributed by atoms with Gasteiger partial charge in [0.25, 0.3) is 10.2 Å². The van der Waals surface area contributed by atoms with Gasteiger partial charge in [-0.3, -0.25) is 4.79 Å². The predicted molar refractivity (Wildman–Crippen MR) is 80.1 cm³/mol. The number of nitrogens with zero attached hydrogens (tertiary/aromatic N) is 2. The fraction of sp³-hybridized carbons (Fsp3) is 0.643. The third-order valence-electron chi connectivity index (χ3n) is 4.42. The van der Waals surface area contributed by atoms with E-state index in [9.17, 15) is 13.2 Å². The maximum Gasteiger partial charge on any atom is 0.283 e. The summed E-state index contributed by atoms with van der Waals surface area (Å²) in [5.74, 6) is 0.423. The average Bonchev–Trinajstić information content (AvgIpc) is 3.25. The zero-order valence-corrected chi connectivity index (χ0v) is 13.4. The van der Waals surface area contributed by atoms with Gasteiger partial charge in [0.1, 0.15) is 11.8 Å². The summed E-state index contributed by atoms with van der Waals surface area (Å²) in [5.41, 5.74) is 0. The van der Waals surface area contributed by atoms with Crippen LogP contribution in [0, 0.1) is 0 Å². The number of carbonyl (C=O) groups excluding carboxylic acids is 1. The maximum atomic E-state index is 13.0. The molecular formula is C14H21N3O4S. The molecule has 22 heavy (non-hydrogen) atoms. The highest BCUT2D eigenvalue weighted by molar-refractivity contribution is 7.86. The molecule has 1 amide bonds. The topological polar surface area (TPSA) is 82.9 Å². The second kappa shape index (κ2) is 6.02. The molecule has 1 N–H and O–H groups in total. The van der Waals surface area contributed by atoms with Crippen molar-refractivity contribution in [3.8, 4) is 0 Å². The second-order valence-electron chi connectivity index (χ2n) is 5.67. The molecule has 1 aromatic heterocycles. The SMILES string of the molecule is CNC(=O)[C@H]1CCCN1S(=O)(=O)N1CCC[C@H]1c1ccco1. The van der Waals surface area contributed by atoms with Crippen molar-refractivity contribution in [2.45, 2.75) is 37.8 Å². The van der Waals surface area contributed by atoms with Gasteiger partial charge < -0.3 is 9.73 Å². The Balaban J connectivity index is 1.87. The van der Waals surface area contributed by atoms with Crippen molar-refractivity contribution >= 4 is 16.1 Å². The van der Waals surface area contributed by atoms with E-state index in [1.165, 1.54) is 15.7 Å². The summed E-state index contributed by atoms with van der Waals surface area (Å²) in [6, 6.07) is 2.69. The van der Waals surface area contributed by atoms with Crippen LogP contribution in [0.5, 0.6) is 0 Å². The van der Waals surface area contributed by atoms with Gasteiger partial charge in [0.2, 0.25) is 5.91 Å². The monoisotopic (exact) mass is 327 g/mol. The van der Waals surface area contributed by atoms with Gasteiger partial charge in [-0.05, 0) is 37.8 Å². The van der Waals surface area contributed by atoms with Crippen LogP contribution in [-0.2, 0) is 15.0 Å². The van der Waals surface area contributed by atoms with Gasteiger partial charge in [-0.1, -0.05) is 0 Å². The number of carbonyl (C=O) groups is 1. The summed E-state index contributed by atoms with van der Waals surface area (Å²) < 4.78 is 34.2. The first kappa shape index (κ1) is 15.5. The van der Waals surface area contributed by atoms with Crippen molar-refractivity contribution in [1.29, 1.82) is 0 Å². The lowest BCUT2D eigenvalue weighted by atomic mass is 10.2. The summed E-state index contributed by atoms with van der Waals surface area (Å²) in [5, 5.41) is 2.56. The van der Waals surface area contributed by atoms with Crippen LogP contribution in [0.2, 0.25) is 0 Å². The molecule has 122 valence electrons. The van der Waals surface area contributed by atoms with Crippen molar-refractivity contribution in [1.82, 2.24) is 13.9 Å². The lowest BCUT2D eigenvalue weighted by Gasteiger charge is -2.30. The summed E-state index contributed by atoms with van der Waals surface area (Å²) in [7, 11) is -2.14. The van der Waals surface area contributed by atoms with Crippen LogP contribution in [-0.4, -0.2) is 49.1 Å². The van der Waals surface area contributed by atoms with Crippen LogP contribution in [0.25, 0.3) is 0 Å². The molecule has 0 spiro atoms. The molecule has 0 saturated carbocycles. The fourth-order valence-electron chi connectivity index (χ4n) is 3.36. The van der Waals surface area contributed by atoms with Gasteiger partial charge in [0.15, 0.2) is 0 Å². The zero-order chi connectivity index (χ0) is 15.7. The number of likely N-dealkylation sites (N-methyl/N-ethyl adjacent to an activating group) is 1. The highest BCUT2D eigenvalue weighted by Crippen LogP contribution is 2.37. The molecule has 2 saturated heterocycles. The van der Waals surface area contributed by atoms with Crippen LogP contribution in [0.3, 0.4) is 0 Å². The van der Waals surface area contributed by atoms with Crippen molar-refractivity contribution in [2.24, 2.45) is 0 Å². The quantitative estimate of drug-likeness (QED) is 0.889. The number of hydrogen-bond donors (Lipinski definition) is 1. The Labute approximate surface area is 130 Å². The Hall–Kier alpha value is -1.38. The van der Waals surface area contributed by atoms with Gasteiger partial charge in [-0.25, -0.2) is 0 Å². The summed E-state index contributed by atoms with van der Waals surface area (Å²) in [4.78, 5) is 11.9. The number of rotatable bonds is 4. The number of furan rings is 1. The van der Waals surface area contributed by atoms with E-state index in [4.69, 9.17) is 4.42 Å². The van der Waals surface area contributed by atoms with Crippen LogP contribution in [0.1, 0.15) is 37.5 Å². The van der Waals surface area contributed by atoms with Crippen LogP contribution < -0.4 is 5.32 Å². The highest BCUT2D eigenvalue weighted by Gasteiger charge is 2.45. The smallest absolute Gasteiger partial charge is 0.283 e. The molecule has 2 aliphatic heterocycles. The summed E-state index contributed by atoms with van der Waals surface area (Å²) >= 11 is 0. The Morgan fingerprint density at radius 2 is 2.00 bits per heavy atom. The molecule has 2 atom stereocenters. The Kier molecular flexibility index (Phi) is 4.24. The first-order valence-electron chi connectivity index (χ1n) is 7.59. The largest absolute Gasteiger partial charge is 0.468 e. The van der Waals surface area contributed by atoms with E-state index in [0.717, 1.165) is 12.8 Å². The van der Waals surface area contributed by atoms with E-state index >= 15 is 0 Å². The molecular weight excluding hydrogens is 306 g/mol. The molecule has 0 bridgehead atoms. The first-order chi connectivity index (χ1) is 10.6. The summed E-state index contributed by atoms with van der Waals surface area (Å²) in [6.07, 6.45) is 4.37. The molecule has 8 heteroatoms. The minimum absolute atomic E-state index is 0.241. The van der Waals surface area contributed by atoms with Gasteiger partial charge in [-0.2, -0.15) is 17.0 Å². The van der Waals surface area contributed by atoms with E-state index < -0.39 is 16.3 Å². The van der Waals surface area contributed by atoms with Crippen molar-refractivity contribution in [2.75, 3.05) is 20.1 Å². The molecule has 7 nitrogen and oxygen atoms in total. The van der Waals surface area contributed by atoms with Crippen molar-refractivity contribution in [3.05, 3.63) is 24.2 Å². The Morgan fingerprint density at radius 3 is 2.68 bits per heavy atom. The van der Waals surface area contributed by atoms with Crippen molar-refractivity contribution in [3.63, 3.8) is 0 Å². The van der Waals surface area contributed by atoms with Gasteiger partial charge in [-0.15, -0.1) is 0 Å². The first-order valence-corrected chi connectivity index (χ1v) is 8.99. The van der Waals surface area contributed by atoms with Crippen LogP contribution in [0.15, 0.2) is 22.8 Å². The molecule has 0 aromatic carbocycles. The molecule has 0 aliphatic carbocycles. The average molecular weight is 327 g/mol. The van der Waals surface area contributed by atoms with E-state index in [1.54, 1.807) is 18.4 Å². The van der Waals surface area contributed by atoms with Crippen LogP contribution >= 0.6 is 0 Å². The summed E-state index contributed by atoms with van der Waals surface area (Å²) in [6.45, 7) is 0.854. The Bertz CT molecular complexity index is 629. The van der Waals surface area contributed by atoms with Gasteiger partial charge in [0, 0.05) is 20.1 Å². The molecule has 2 aliphatic rings. The lowest BCUT2D eigenvalue weighted by Crippen LogP contribution is -2.50.